The van der Waals surface area contributed by atoms with Gasteiger partial charge in [0.1, 0.15) is 0 Å². The van der Waals surface area contributed by atoms with Gasteiger partial charge in [-0.2, -0.15) is 0 Å². The fourth-order valence-electron chi connectivity index (χ4n) is 1.85. The molecule has 0 spiro atoms. The third kappa shape index (κ3) is 21.3. The Labute approximate surface area is 153 Å². The summed E-state index contributed by atoms with van der Waals surface area (Å²) in [5.74, 6) is 1.33. The number of rotatable bonds is 18. The van der Waals surface area contributed by atoms with Crippen LogP contribution in [0.15, 0.2) is 0 Å². The summed E-state index contributed by atoms with van der Waals surface area (Å²) in [4.78, 5) is 11.5. The smallest absolute Gasteiger partial charge is 0.220 e. The van der Waals surface area contributed by atoms with Gasteiger partial charge in [-0.3, -0.25) is 4.79 Å². The molecular formula is C19H39NO5. The standard InChI is InChI=1S/C19H39NO5/c1-17(2)5-6-19(21)20-8-10-23-12-14-25-16-15-24-13-11-22-9-7-18(3)4/h17-18H,5-16H2,1-4H3,(H,20,21). The second-order valence-electron chi connectivity index (χ2n) is 6.91. The summed E-state index contributed by atoms with van der Waals surface area (Å²) in [6.07, 6.45) is 2.60. The Morgan fingerprint density at radius 2 is 1.12 bits per heavy atom. The molecule has 0 aliphatic heterocycles. The van der Waals surface area contributed by atoms with Crippen molar-refractivity contribution in [2.75, 3.05) is 59.4 Å². The molecule has 0 rings (SSSR count). The van der Waals surface area contributed by atoms with Crippen LogP contribution in [0.3, 0.4) is 0 Å². The fraction of sp³-hybridized carbons (Fsp3) is 0.947. The molecule has 0 aromatic heterocycles. The number of carbonyl (C=O) groups is 1. The van der Waals surface area contributed by atoms with Gasteiger partial charge in [0.15, 0.2) is 0 Å². The quantitative estimate of drug-likeness (QED) is 0.380. The molecule has 1 amide bonds. The third-order valence-corrected chi connectivity index (χ3v) is 3.47. The maximum atomic E-state index is 11.5. The second-order valence-corrected chi connectivity index (χ2v) is 6.91. The van der Waals surface area contributed by atoms with Gasteiger partial charge in [-0.15, -0.1) is 0 Å². The molecule has 1 N–H and O–H groups in total. The van der Waals surface area contributed by atoms with E-state index >= 15 is 0 Å². The van der Waals surface area contributed by atoms with Crippen LogP contribution in [0.25, 0.3) is 0 Å². The van der Waals surface area contributed by atoms with Crippen LogP contribution in [0.5, 0.6) is 0 Å². The van der Waals surface area contributed by atoms with Crippen LogP contribution >= 0.6 is 0 Å². The number of nitrogens with one attached hydrogen (secondary N) is 1. The summed E-state index contributed by atoms with van der Waals surface area (Å²) in [7, 11) is 0. The van der Waals surface area contributed by atoms with Gasteiger partial charge >= 0.3 is 0 Å². The molecule has 0 aliphatic carbocycles. The summed E-state index contributed by atoms with van der Waals surface area (Å²) >= 11 is 0. The molecule has 0 fully saturated rings. The average Bonchev–Trinajstić information content (AvgIpc) is 2.56. The normalized spacial score (nSPS) is 11.4. The van der Waals surface area contributed by atoms with Gasteiger partial charge in [-0.25, -0.2) is 0 Å². The molecule has 0 aromatic rings. The molecule has 6 heteroatoms. The Morgan fingerprint density at radius 1 is 0.680 bits per heavy atom. The SMILES string of the molecule is CC(C)CCOCCOCCOCCOCCNC(=O)CCC(C)C. The van der Waals surface area contributed by atoms with Crippen LogP contribution in [0.2, 0.25) is 0 Å². The van der Waals surface area contributed by atoms with Crippen molar-refractivity contribution >= 4 is 5.91 Å². The molecule has 25 heavy (non-hydrogen) atoms. The Balaban J connectivity index is 3.10. The van der Waals surface area contributed by atoms with Crippen molar-refractivity contribution in [1.82, 2.24) is 5.32 Å². The van der Waals surface area contributed by atoms with Crippen molar-refractivity contribution in [3.8, 4) is 0 Å². The largest absolute Gasteiger partial charge is 0.379 e. The molecule has 0 aliphatic rings. The lowest BCUT2D eigenvalue weighted by Gasteiger charge is -2.09. The van der Waals surface area contributed by atoms with E-state index in [9.17, 15) is 4.79 Å². The van der Waals surface area contributed by atoms with Crippen molar-refractivity contribution in [2.45, 2.75) is 47.0 Å². The monoisotopic (exact) mass is 361 g/mol. The van der Waals surface area contributed by atoms with Gasteiger partial charge in [-0.05, 0) is 24.7 Å². The van der Waals surface area contributed by atoms with Crippen LogP contribution in [0.1, 0.15) is 47.0 Å². The molecule has 0 radical (unpaired) electrons. The van der Waals surface area contributed by atoms with Crippen molar-refractivity contribution in [3.63, 3.8) is 0 Å². The number of carbonyl (C=O) groups excluding carboxylic acids is 1. The molecule has 150 valence electrons. The van der Waals surface area contributed by atoms with E-state index in [2.05, 4.69) is 33.0 Å². The number of ether oxygens (including phenoxy) is 4. The lowest BCUT2D eigenvalue weighted by atomic mass is 10.1. The topological polar surface area (TPSA) is 66.0 Å². The molecule has 0 unspecified atom stereocenters. The predicted molar refractivity (Wildman–Crippen MR) is 99.8 cm³/mol. The average molecular weight is 362 g/mol. The zero-order chi connectivity index (χ0) is 18.8. The Bertz CT molecular complexity index is 298. The molecule has 0 bridgehead atoms. The van der Waals surface area contributed by atoms with E-state index in [1.807, 2.05) is 0 Å². The first-order chi connectivity index (χ1) is 12.0. The molecule has 0 atom stereocenters. The van der Waals surface area contributed by atoms with Crippen LogP contribution in [0.4, 0.5) is 0 Å². The molecule has 6 nitrogen and oxygen atoms in total. The summed E-state index contributed by atoms with van der Waals surface area (Å²) in [6, 6.07) is 0. The van der Waals surface area contributed by atoms with Gasteiger partial charge in [0.25, 0.3) is 0 Å². The predicted octanol–water partition coefficient (Wildman–Crippen LogP) is 2.65. The highest BCUT2D eigenvalue weighted by atomic mass is 16.6. The lowest BCUT2D eigenvalue weighted by molar-refractivity contribution is -0.121. The second kappa shape index (κ2) is 18.1. The van der Waals surface area contributed by atoms with E-state index in [4.69, 9.17) is 18.9 Å². The van der Waals surface area contributed by atoms with Crippen molar-refractivity contribution in [2.24, 2.45) is 11.8 Å². The highest BCUT2D eigenvalue weighted by Crippen LogP contribution is 2.02. The Morgan fingerprint density at radius 3 is 1.60 bits per heavy atom. The minimum atomic E-state index is 0.0962. The van der Waals surface area contributed by atoms with Crippen molar-refractivity contribution < 1.29 is 23.7 Å². The molecular weight excluding hydrogens is 322 g/mol. The van der Waals surface area contributed by atoms with E-state index in [1.165, 1.54) is 0 Å². The van der Waals surface area contributed by atoms with E-state index in [-0.39, 0.29) is 5.91 Å². The van der Waals surface area contributed by atoms with Gasteiger partial charge in [0, 0.05) is 19.6 Å². The first kappa shape index (κ1) is 24.3. The van der Waals surface area contributed by atoms with Crippen LogP contribution in [0, 0.1) is 11.8 Å². The Hall–Kier alpha value is -0.690. The number of hydrogen-bond acceptors (Lipinski definition) is 5. The summed E-state index contributed by atoms with van der Waals surface area (Å²) in [5, 5.41) is 2.85. The van der Waals surface area contributed by atoms with Crippen molar-refractivity contribution in [1.29, 1.82) is 0 Å². The van der Waals surface area contributed by atoms with Gasteiger partial charge in [0.2, 0.25) is 5.91 Å². The maximum Gasteiger partial charge on any atom is 0.220 e. The molecule has 0 saturated heterocycles. The van der Waals surface area contributed by atoms with E-state index < -0.39 is 0 Å². The fourth-order valence-corrected chi connectivity index (χ4v) is 1.85. The van der Waals surface area contributed by atoms with Crippen molar-refractivity contribution in [3.05, 3.63) is 0 Å². The highest BCUT2D eigenvalue weighted by molar-refractivity contribution is 5.75. The first-order valence-corrected chi connectivity index (χ1v) is 9.60. The third-order valence-electron chi connectivity index (χ3n) is 3.47. The zero-order valence-electron chi connectivity index (χ0n) is 16.7. The van der Waals surface area contributed by atoms with E-state index in [0.29, 0.717) is 71.0 Å². The van der Waals surface area contributed by atoms with Crippen LogP contribution < -0.4 is 5.32 Å². The maximum absolute atomic E-state index is 11.5. The lowest BCUT2D eigenvalue weighted by Crippen LogP contribution is -2.27. The van der Waals surface area contributed by atoms with Gasteiger partial charge in [-0.1, -0.05) is 27.7 Å². The van der Waals surface area contributed by atoms with Gasteiger partial charge < -0.3 is 24.3 Å². The minimum Gasteiger partial charge on any atom is -0.379 e. The summed E-state index contributed by atoms with van der Waals surface area (Å²) in [5.41, 5.74) is 0. The summed E-state index contributed by atoms with van der Waals surface area (Å²) < 4.78 is 21.7. The minimum absolute atomic E-state index is 0.0962. The molecule has 0 saturated carbocycles. The van der Waals surface area contributed by atoms with Gasteiger partial charge in [0.05, 0.1) is 46.2 Å². The number of amides is 1. The number of hydrogen-bond donors (Lipinski definition) is 1. The van der Waals surface area contributed by atoms with Crippen LogP contribution in [-0.2, 0) is 23.7 Å². The van der Waals surface area contributed by atoms with Crippen LogP contribution in [-0.4, -0.2) is 65.3 Å². The van der Waals surface area contributed by atoms with E-state index in [1.54, 1.807) is 0 Å². The highest BCUT2D eigenvalue weighted by Gasteiger charge is 2.02. The van der Waals surface area contributed by atoms with E-state index in [0.717, 1.165) is 19.4 Å². The zero-order valence-corrected chi connectivity index (χ0v) is 16.7. The first-order valence-electron chi connectivity index (χ1n) is 9.60. The Kier molecular flexibility index (Phi) is 17.6. The molecule has 0 aromatic carbocycles. The molecule has 0 heterocycles. The summed E-state index contributed by atoms with van der Waals surface area (Å²) in [6.45, 7) is 13.9.